The van der Waals surface area contributed by atoms with Crippen molar-refractivity contribution in [3.05, 3.63) is 64.1 Å². The van der Waals surface area contributed by atoms with E-state index in [4.69, 9.17) is 9.47 Å². The van der Waals surface area contributed by atoms with Crippen molar-refractivity contribution in [2.45, 2.75) is 19.6 Å². The van der Waals surface area contributed by atoms with Crippen molar-refractivity contribution in [1.82, 2.24) is 4.90 Å². The molecule has 0 fully saturated rings. The molecule has 0 radical (unpaired) electrons. The van der Waals surface area contributed by atoms with Crippen LogP contribution in [0.5, 0.6) is 5.75 Å². The van der Waals surface area contributed by atoms with E-state index in [9.17, 15) is 9.59 Å². The van der Waals surface area contributed by atoms with Crippen LogP contribution >= 0.6 is 15.9 Å². The van der Waals surface area contributed by atoms with E-state index in [-0.39, 0.29) is 5.91 Å². The van der Waals surface area contributed by atoms with Crippen molar-refractivity contribution in [1.29, 1.82) is 0 Å². The molecule has 0 N–H and O–H groups in total. The summed E-state index contributed by atoms with van der Waals surface area (Å²) in [6.07, 6.45) is -0.873. The summed E-state index contributed by atoms with van der Waals surface area (Å²) in [6.45, 7) is 2.02. The summed E-state index contributed by atoms with van der Waals surface area (Å²) in [5, 5.41) is 0. The molecule has 2 aromatic rings. The molecule has 0 aliphatic carbocycles. The fourth-order valence-electron chi connectivity index (χ4n) is 2.32. The number of methoxy groups -OCH3 is 1. The standard InChI is InChI=1S/C19H20BrNO4/c1-13(18(22)21(2)12-14-7-5-4-6-8-14)25-19(23)15-9-10-17(24-3)16(20)11-15/h4-11,13H,12H2,1-3H3/t13-/m1/s1. The molecule has 0 saturated carbocycles. The first-order chi connectivity index (χ1) is 11.9. The molecule has 1 amide bonds. The Kier molecular flexibility index (Phi) is 6.58. The number of hydrogen-bond acceptors (Lipinski definition) is 4. The summed E-state index contributed by atoms with van der Waals surface area (Å²) in [7, 11) is 3.23. The molecule has 2 aromatic carbocycles. The van der Waals surface area contributed by atoms with Crippen LogP contribution in [0.4, 0.5) is 0 Å². The predicted molar refractivity (Wildman–Crippen MR) is 98.5 cm³/mol. The van der Waals surface area contributed by atoms with Crippen molar-refractivity contribution < 1.29 is 19.1 Å². The number of rotatable bonds is 6. The van der Waals surface area contributed by atoms with Crippen LogP contribution in [0.25, 0.3) is 0 Å². The fraction of sp³-hybridized carbons (Fsp3) is 0.263. The number of benzene rings is 2. The van der Waals surface area contributed by atoms with Crippen LogP contribution in [-0.2, 0) is 16.1 Å². The zero-order valence-electron chi connectivity index (χ0n) is 14.4. The second kappa shape index (κ2) is 8.67. The summed E-state index contributed by atoms with van der Waals surface area (Å²) < 4.78 is 11.1. The highest BCUT2D eigenvalue weighted by molar-refractivity contribution is 9.10. The quantitative estimate of drug-likeness (QED) is 0.688. The van der Waals surface area contributed by atoms with E-state index >= 15 is 0 Å². The maximum atomic E-state index is 12.4. The van der Waals surface area contributed by atoms with Crippen LogP contribution in [0.3, 0.4) is 0 Å². The minimum atomic E-state index is -0.873. The number of esters is 1. The minimum Gasteiger partial charge on any atom is -0.496 e. The predicted octanol–water partition coefficient (Wildman–Crippen LogP) is 3.66. The summed E-state index contributed by atoms with van der Waals surface area (Å²) in [6, 6.07) is 14.5. The maximum Gasteiger partial charge on any atom is 0.338 e. The summed E-state index contributed by atoms with van der Waals surface area (Å²) in [5.74, 6) is -0.203. The van der Waals surface area contributed by atoms with E-state index in [1.807, 2.05) is 30.3 Å². The lowest BCUT2D eigenvalue weighted by Gasteiger charge is -2.21. The topological polar surface area (TPSA) is 55.8 Å². The van der Waals surface area contributed by atoms with E-state index in [0.29, 0.717) is 22.3 Å². The van der Waals surface area contributed by atoms with Gasteiger partial charge in [0.25, 0.3) is 5.91 Å². The van der Waals surface area contributed by atoms with Gasteiger partial charge in [0, 0.05) is 13.6 Å². The number of halogens is 1. The van der Waals surface area contributed by atoms with Crippen molar-refractivity contribution in [2.75, 3.05) is 14.2 Å². The Bertz CT molecular complexity index is 748. The Labute approximate surface area is 155 Å². The van der Waals surface area contributed by atoms with Gasteiger partial charge in [0.2, 0.25) is 0 Å². The molecule has 0 unspecified atom stereocenters. The highest BCUT2D eigenvalue weighted by atomic mass is 79.9. The van der Waals surface area contributed by atoms with Gasteiger partial charge in [0.1, 0.15) is 5.75 Å². The minimum absolute atomic E-state index is 0.259. The zero-order valence-corrected chi connectivity index (χ0v) is 15.9. The van der Waals surface area contributed by atoms with Gasteiger partial charge in [0.15, 0.2) is 6.10 Å². The number of carbonyl (C=O) groups is 2. The third-order valence-electron chi connectivity index (χ3n) is 3.66. The van der Waals surface area contributed by atoms with Gasteiger partial charge in [-0.3, -0.25) is 4.79 Å². The number of nitrogens with zero attached hydrogens (tertiary/aromatic N) is 1. The van der Waals surface area contributed by atoms with Gasteiger partial charge in [-0.2, -0.15) is 0 Å². The molecule has 0 saturated heterocycles. The van der Waals surface area contributed by atoms with Gasteiger partial charge in [-0.15, -0.1) is 0 Å². The van der Waals surface area contributed by atoms with Crippen molar-refractivity contribution in [3.8, 4) is 5.75 Å². The second-order valence-corrected chi connectivity index (χ2v) is 6.43. The maximum absolute atomic E-state index is 12.4. The van der Waals surface area contributed by atoms with Crippen LogP contribution in [0, 0.1) is 0 Å². The Morgan fingerprint density at radius 3 is 2.44 bits per heavy atom. The monoisotopic (exact) mass is 405 g/mol. The number of ether oxygens (including phenoxy) is 2. The Morgan fingerprint density at radius 2 is 1.84 bits per heavy atom. The lowest BCUT2D eigenvalue weighted by Crippen LogP contribution is -2.37. The van der Waals surface area contributed by atoms with Gasteiger partial charge in [-0.05, 0) is 46.6 Å². The molecular formula is C19H20BrNO4. The Balaban J connectivity index is 1.98. The molecule has 2 rings (SSSR count). The lowest BCUT2D eigenvalue weighted by atomic mass is 10.2. The van der Waals surface area contributed by atoms with E-state index in [1.165, 1.54) is 4.90 Å². The highest BCUT2D eigenvalue weighted by Gasteiger charge is 2.22. The van der Waals surface area contributed by atoms with E-state index in [2.05, 4.69) is 15.9 Å². The molecule has 5 nitrogen and oxygen atoms in total. The van der Waals surface area contributed by atoms with E-state index in [0.717, 1.165) is 5.56 Å². The smallest absolute Gasteiger partial charge is 0.338 e. The highest BCUT2D eigenvalue weighted by Crippen LogP contribution is 2.26. The number of hydrogen-bond donors (Lipinski definition) is 0. The average Bonchev–Trinajstić information content (AvgIpc) is 2.61. The molecule has 0 aromatic heterocycles. The summed E-state index contributed by atoms with van der Waals surface area (Å²) >= 11 is 3.32. The molecule has 0 spiro atoms. The summed E-state index contributed by atoms with van der Waals surface area (Å²) in [4.78, 5) is 26.2. The first-order valence-corrected chi connectivity index (χ1v) is 8.55. The first kappa shape index (κ1) is 19.0. The van der Waals surface area contributed by atoms with Gasteiger partial charge in [-0.1, -0.05) is 30.3 Å². The van der Waals surface area contributed by atoms with Crippen LogP contribution in [-0.4, -0.2) is 37.0 Å². The average molecular weight is 406 g/mol. The van der Waals surface area contributed by atoms with E-state index in [1.54, 1.807) is 39.3 Å². The second-order valence-electron chi connectivity index (χ2n) is 5.58. The molecule has 0 heterocycles. The summed E-state index contributed by atoms with van der Waals surface area (Å²) in [5.41, 5.74) is 1.36. The molecule has 0 aliphatic rings. The number of likely N-dealkylation sites (N-methyl/N-ethyl adjacent to an activating group) is 1. The largest absolute Gasteiger partial charge is 0.496 e. The molecule has 6 heteroatoms. The SMILES string of the molecule is COc1ccc(C(=O)O[C@H](C)C(=O)N(C)Cc2ccccc2)cc1Br. The molecule has 132 valence electrons. The number of carbonyl (C=O) groups excluding carboxylic acids is 2. The third-order valence-corrected chi connectivity index (χ3v) is 4.28. The Morgan fingerprint density at radius 1 is 1.16 bits per heavy atom. The van der Waals surface area contributed by atoms with Gasteiger partial charge in [0.05, 0.1) is 17.1 Å². The van der Waals surface area contributed by atoms with Gasteiger partial charge in [-0.25, -0.2) is 4.79 Å². The van der Waals surface area contributed by atoms with Crippen molar-refractivity contribution in [2.24, 2.45) is 0 Å². The van der Waals surface area contributed by atoms with Crippen molar-refractivity contribution >= 4 is 27.8 Å². The van der Waals surface area contributed by atoms with Crippen LogP contribution in [0.15, 0.2) is 53.0 Å². The zero-order chi connectivity index (χ0) is 18.4. The van der Waals surface area contributed by atoms with Gasteiger partial charge >= 0.3 is 5.97 Å². The molecular weight excluding hydrogens is 386 g/mol. The van der Waals surface area contributed by atoms with Crippen LogP contribution < -0.4 is 4.74 Å². The van der Waals surface area contributed by atoms with Gasteiger partial charge < -0.3 is 14.4 Å². The molecule has 0 bridgehead atoms. The normalized spacial score (nSPS) is 11.5. The van der Waals surface area contributed by atoms with Crippen LogP contribution in [0.2, 0.25) is 0 Å². The van der Waals surface area contributed by atoms with Crippen molar-refractivity contribution in [3.63, 3.8) is 0 Å². The first-order valence-electron chi connectivity index (χ1n) is 7.75. The lowest BCUT2D eigenvalue weighted by molar-refractivity contribution is -0.139. The molecule has 1 atom stereocenters. The Hall–Kier alpha value is -2.34. The molecule has 25 heavy (non-hydrogen) atoms. The number of amides is 1. The van der Waals surface area contributed by atoms with E-state index < -0.39 is 12.1 Å². The fourth-order valence-corrected chi connectivity index (χ4v) is 2.86. The third kappa shape index (κ3) is 5.06. The molecule has 0 aliphatic heterocycles. The van der Waals surface area contributed by atoms with Crippen LogP contribution in [0.1, 0.15) is 22.8 Å².